The van der Waals surface area contributed by atoms with Gasteiger partial charge in [0.05, 0.1) is 33.1 Å². The number of anilines is 3. The molecule has 0 amide bonds. The van der Waals surface area contributed by atoms with Crippen molar-refractivity contribution in [1.82, 2.24) is 18.3 Å². The molecule has 0 saturated carbocycles. The second kappa shape index (κ2) is 14.6. The molecule has 0 unspecified atom stereocenters. The maximum atomic E-state index is 2.45. The van der Waals surface area contributed by atoms with Gasteiger partial charge in [0.15, 0.2) is 0 Å². The third-order valence-corrected chi connectivity index (χ3v) is 14.1. The van der Waals surface area contributed by atoms with E-state index in [1.54, 1.807) is 0 Å². The molecule has 0 aliphatic heterocycles. The van der Waals surface area contributed by atoms with Crippen LogP contribution < -0.4 is 4.90 Å². The van der Waals surface area contributed by atoms with Gasteiger partial charge in [-0.2, -0.15) is 0 Å². The van der Waals surface area contributed by atoms with E-state index in [0.29, 0.717) is 0 Å². The monoisotopic (exact) mass is 857 g/mol. The first-order valence-electron chi connectivity index (χ1n) is 23.2. The van der Waals surface area contributed by atoms with Gasteiger partial charge in [-0.25, -0.2) is 0 Å². The molecule has 4 heterocycles. The highest BCUT2D eigenvalue weighted by molar-refractivity contribution is 6.15. The van der Waals surface area contributed by atoms with Gasteiger partial charge in [-0.3, -0.25) is 0 Å². The van der Waals surface area contributed by atoms with Crippen LogP contribution in [0.2, 0.25) is 0 Å². The van der Waals surface area contributed by atoms with E-state index in [1.165, 1.54) is 92.9 Å². The average molecular weight is 858 g/mol. The summed E-state index contributed by atoms with van der Waals surface area (Å²) in [4.78, 5) is 2.34. The largest absolute Gasteiger partial charge is 0.341 e. The first kappa shape index (κ1) is 37.6. The molecular weight excluding hydrogens is 815 g/mol. The summed E-state index contributed by atoms with van der Waals surface area (Å²) in [6.07, 6.45) is 0. The molecule has 0 radical (unpaired) electrons. The van der Waals surface area contributed by atoms with Gasteiger partial charge in [-0.05, 0) is 128 Å². The zero-order valence-corrected chi connectivity index (χ0v) is 36.9. The molecule has 5 nitrogen and oxygen atoms in total. The molecule has 0 spiro atoms. The summed E-state index contributed by atoms with van der Waals surface area (Å²) in [5.41, 5.74) is 16.5. The maximum Gasteiger partial charge on any atom is 0.0542 e. The molecule has 14 rings (SSSR count). The molecule has 5 heteroatoms. The lowest BCUT2D eigenvalue weighted by Crippen LogP contribution is -2.09. The van der Waals surface area contributed by atoms with Gasteiger partial charge in [-0.1, -0.05) is 109 Å². The van der Waals surface area contributed by atoms with Crippen LogP contribution in [0.1, 0.15) is 6.92 Å². The Hall–Kier alpha value is -8.80. The lowest BCUT2D eigenvalue weighted by molar-refractivity contribution is 0.827. The quantitative estimate of drug-likeness (QED) is 0.157. The van der Waals surface area contributed by atoms with E-state index < -0.39 is 0 Å². The number of para-hydroxylation sites is 6. The number of rotatable bonds is 7. The SMILES string of the molecule is CCn1c2ccccc2c2cc(-n3c4ccccc4c4cc(-n5c6ccccc6c6cc(-n7c8ccccc8c8cc(N(c9ccccc9)c9ccccc9)ccc87)ccc65)ccc43)ccc21. The first-order chi connectivity index (χ1) is 33.2. The molecule has 316 valence electrons. The minimum absolute atomic E-state index is 0.927. The van der Waals surface area contributed by atoms with Crippen LogP contribution in [0, 0.1) is 0 Å². The van der Waals surface area contributed by atoms with Crippen LogP contribution in [0.3, 0.4) is 0 Å². The predicted octanol–water partition coefficient (Wildman–Crippen LogP) is 16.6. The summed E-state index contributed by atoms with van der Waals surface area (Å²) in [6.45, 7) is 3.16. The Balaban J connectivity index is 0.930. The molecule has 0 bridgehead atoms. The number of hydrogen-bond donors (Lipinski definition) is 0. The van der Waals surface area contributed by atoms with Gasteiger partial charge in [-0.15, -0.1) is 0 Å². The average Bonchev–Trinajstić information content (AvgIpc) is 4.11. The minimum Gasteiger partial charge on any atom is -0.341 e. The van der Waals surface area contributed by atoms with Crippen molar-refractivity contribution in [3.63, 3.8) is 0 Å². The van der Waals surface area contributed by atoms with E-state index in [2.05, 4.69) is 261 Å². The molecule has 4 aromatic heterocycles. The molecule has 0 saturated heterocycles. The fourth-order valence-electron chi connectivity index (χ4n) is 11.3. The molecule has 67 heavy (non-hydrogen) atoms. The number of aromatic nitrogens is 4. The van der Waals surface area contributed by atoms with E-state index in [1.807, 2.05) is 0 Å². The zero-order valence-electron chi connectivity index (χ0n) is 36.9. The fourth-order valence-corrected chi connectivity index (χ4v) is 11.3. The van der Waals surface area contributed by atoms with E-state index in [9.17, 15) is 0 Å². The van der Waals surface area contributed by atoms with Gasteiger partial charge >= 0.3 is 0 Å². The Morgan fingerprint density at radius 1 is 0.269 bits per heavy atom. The topological polar surface area (TPSA) is 23.0 Å². The predicted molar refractivity (Wildman–Crippen MR) is 283 cm³/mol. The normalized spacial score (nSPS) is 12.0. The highest BCUT2D eigenvalue weighted by Crippen LogP contribution is 2.42. The summed E-state index contributed by atoms with van der Waals surface area (Å²) >= 11 is 0. The van der Waals surface area contributed by atoms with Crippen molar-refractivity contribution in [3.8, 4) is 17.1 Å². The van der Waals surface area contributed by atoms with Crippen LogP contribution in [0.15, 0.2) is 231 Å². The molecule has 0 N–H and O–H groups in total. The van der Waals surface area contributed by atoms with Crippen LogP contribution in [0.25, 0.3) is 104 Å². The van der Waals surface area contributed by atoms with Crippen LogP contribution in [-0.2, 0) is 6.54 Å². The van der Waals surface area contributed by atoms with Gasteiger partial charge in [0.2, 0.25) is 0 Å². The molecule has 0 aliphatic carbocycles. The van der Waals surface area contributed by atoms with E-state index in [4.69, 9.17) is 0 Å². The lowest BCUT2D eigenvalue weighted by Gasteiger charge is -2.25. The number of hydrogen-bond acceptors (Lipinski definition) is 1. The highest BCUT2D eigenvalue weighted by atomic mass is 15.1. The summed E-state index contributed by atoms with van der Waals surface area (Å²) in [7, 11) is 0. The van der Waals surface area contributed by atoms with Crippen LogP contribution >= 0.6 is 0 Å². The number of fused-ring (bicyclic) bond motifs is 12. The van der Waals surface area contributed by atoms with Gasteiger partial charge in [0.1, 0.15) is 0 Å². The highest BCUT2D eigenvalue weighted by Gasteiger charge is 2.21. The maximum absolute atomic E-state index is 2.45. The minimum atomic E-state index is 0.927. The lowest BCUT2D eigenvalue weighted by atomic mass is 10.1. The first-order valence-corrected chi connectivity index (χ1v) is 23.2. The van der Waals surface area contributed by atoms with Crippen LogP contribution in [0.4, 0.5) is 17.1 Å². The summed E-state index contributed by atoms with van der Waals surface area (Å²) in [5, 5.41) is 9.93. The van der Waals surface area contributed by atoms with Crippen molar-refractivity contribution in [2.45, 2.75) is 13.5 Å². The second-order valence-electron chi connectivity index (χ2n) is 17.6. The Kier molecular flexibility index (Phi) is 8.19. The Bertz CT molecular complexity index is 4220. The smallest absolute Gasteiger partial charge is 0.0542 e. The van der Waals surface area contributed by atoms with Gasteiger partial charge < -0.3 is 23.2 Å². The van der Waals surface area contributed by atoms with Crippen LogP contribution in [0.5, 0.6) is 0 Å². The van der Waals surface area contributed by atoms with Crippen molar-refractivity contribution >= 4 is 104 Å². The summed E-state index contributed by atoms with van der Waals surface area (Å²) in [6, 6.07) is 84.5. The van der Waals surface area contributed by atoms with Gasteiger partial charge in [0.25, 0.3) is 0 Å². The third kappa shape index (κ3) is 5.55. The molecular formula is C62H43N5. The molecule has 0 aliphatic rings. The zero-order chi connectivity index (χ0) is 44.2. The molecule has 10 aromatic carbocycles. The Morgan fingerprint density at radius 3 is 1.03 bits per heavy atom. The molecule has 0 fully saturated rings. The van der Waals surface area contributed by atoms with Crippen molar-refractivity contribution in [2.75, 3.05) is 4.90 Å². The van der Waals surface area contributed by atoms with Crippen molar-refractivity contribution < 1.29 is 0 Å². The van der Waals surface area contributed by atoms with Crippen LogP contribution in [-0.4, -0.2) is 18.3 Å². The summed E-state index contributed by atoms with van der Waals surface area (Å²) < 4.78 is 9.76. The second-order valence-corrected chi connectivity index (χ2v) is 17.6. The summed E-state index contributed by atoms with van der Waals surface area (Å²) in [5.74, 6) is 0. The molecule has 14 aromatic rings. The van der Waals surface area contributed by atoms with Crippen molar-refractivity contribution in [1.29, 1.82) is 0 Å². The Labute approximate surface area is 386 Å². The van der Waals surface area contributed by atoms with E-state index >= 15 is 0 Å². The van der Waals surface area contributed by atoms with E-state index in [0.717, 1.165) is 35.0 Å². The standard InChI is InChI=1S/C62H43N5/c1-2-63-55-25-13-9-21-47(55)51-38-44(29-33-56(51)63)65-58-27-15-11-23-49(58)53-40-46(31-35-61(53)65)67-59-28-16-12-24-50(59)54-39-45(32-36-62(54)67)66-57-26-14-10-22-48(57)52-37-43(30-34-60(52)66)64(41-17-5-3-6-18-41)42-19-7-4-8-20-42/h3-40H,2H2,1H3. The van der Waals surface area contributed by atoms with Crippen molar-refractivity contribution in [2.24, 2.45) is 0 Å². The number of benzene rings is 10. The molecule has 0 atom stereocenters. The van der Waals surface area contributed by atoms with Gasteiger partial charge in [0, 0.05) is 94.8 Å². The van der Waals surface area contributed by atoms with E-state index in [-0.39, 0.29) is 0 Å². The van der Waals surface area contributed by atoms with Crippen molar-refractivity contribution in [3.05, 3.63) is 231 Å². The fraction of sp³-hybridized carbons (Fsp3) is 0.0323. The number of aryl methyl sites for hydroxylation is 1. The Morgan fingerprint density at radius 2 is 0.582 bits per heavy atom. The third-order valence-electron chi connectivity index (χ3n) is 14.1. The number of nitrogens with zero attached hydrogens (tertiary/aromatic N) is 5.